The molecule has 0 aliphatic carbocycles. The smallest absolute Gasteiger partial charge is 0.148 e. The normalized spacial score (nSPS) is 15.0. The summed E-state index contributed by atoms with van der Waals surface area (Å²) in [6.45, 7) is 3.30. The fourth-order valence-electron chi connectivity index (χ4n) is 3.63. The number of anilines is 1. The molecule has 0 bridgehead atoms. The second-order valence-electron chi connectivity index (χ2n) is 7.57. The molecule has 1 fully saturated rings. The Labute approximate surface area is 198 Å². The van der Waals surface area contributed by atoms with Gasteiger partial charge in [-0.3, -0.25) is 4.68 Å². The highest BCUT2D eigenvalue weighted by molar-refractivity contribution is 7.98. The summed E-state index contributed by atoms with van der Waals surface area (Å²) >= 11 is 1.43. The molecule has 9 nitrogen and oxygen atoms in total. The summed E-state index contributed by atoms with van der Waals surface area (Å²) in [5, 5.41) is 43.0. The highest BCUT2D eigenvalue weighted by Crippen LogP contribution is 2.34. The Bertz CT molecular complexity index is 993. The Morgan fingerprint density at radius 2 is 1.97 bits per heavy atom. The molecule has 0 radical (unpaired) electrons. The van der Waals surface area contributed by atoms with Crippen molar-refractivity contribution in [1.29, 1.82) is 10.5 Å². The first-order valence-corrected chi connectivity index (χ1v) is 11.3. The van der Waals surface area contributed by atoms with Crippen molar-refractivity contribution >= 4 is 30.0 Å². The minimum Gasteiger partial charge on any atom is -0.394 e. The molecule has 1 atom stereocenters. The van der Waals surface area contributed by atoms with Gasteiger partial charge in [0, 0.05) is 36.6 Å². The van der Waals surface area contributed by atoms with Crippen LogP contribution in [0.3, 0.4) is 0 Å². The Morgan fingerprint density at radius 1 is 1.28 bits per heavy atom. The number of nitriles is 2. The van der Waals surface area contributed by atoms with Gasteiger partial charge in [-0.2, -0.15) is 15.6 Å². The summed E-state index contributed by atoms with van der Waals surface area (Å²) < 4.78 is 1.58. The van der Waals surface area contributed by atoms with E-state index in [4.69, 9.17) is 15.8 Å². The zero-order chi connectivity index (χ0) is 22.4. The lowest BCUT2D eigenvalue weighted by atomic mass is 10.00. The number of thioether (sulfide) groups is 1. The molecule has 4 N–H and O–H groups in total. The maximum absolute atomic E-state index is 9.82. The van der Waals surface area contributed by atoms with Crippen molar-refractivity contribution in [1.82, 2.24) is 14.8 Å². The highest BCUT2D eigenvalue weighted by atomic mass is 35.5. The van der Waals surface area contributed by atoms with E-state index in [9.17, 15) is 15.6 Å². The zero-order valence-electron chi connectivity index (χ0n) is 17.9. The maximum Gasteiger partial charge on any atom is 0.148 e. The molecule has 1 aliphatic rings. The molecule has 1 saturated heterocycles. The molecular formula is C21H28ClN7O2S. The summed E-state index contributed by atoms with van der Waals surface area (Å²) in [6, 6.07) is 4.69. The van der Waals surface area contributed by atoms with Crippen LogP contribution in [0.5, 0.6) is 0 Å². The van der Waals surface area contributed by atoms with E-state index in [2.05, 4.69) is 22.1 Å². The van der Waals surface area contributed by atoms with Crippen LogP contribution in [-0.2, 0) is 18.7 Å². The van der Waals surface area contributed by atoms with Gasteiger partial charge in [0.2, 0.25) is 0 Å². The van der Waals surface area contributed by atoms with Crippen LogP contribution < -0.4 is 10.6 Å². The van der Waals surface area contributed by atoms with Gasteiger partial charge >= 0.3 is 0 Å². The van der Waals surface area contributed by atoms with Crippen LogP contribution in [0.4, 0.5) is 5.82 Å². The number of aromatic nitrogens is 3. The van der Waals surface area contributed by atoms with Crippen LogP contribution in [0.2, 0.25) is 0 Å². The van der Waals surface area contributed by atoms with E-state index >= 15 is 0 Å². The van der Waals surface area contributed by atoms with Crippen molar-refractivity contribution in [3.05, 3.63) is 34.6 Å². The Kier molecular flexibility index (Phi) is 9.76. The lowest BCUT2D eigenvalue weighted by Crippen LogP contribution is -2.40. The van der Waals surface area contributed by atoms with Crippen LogP contribution in [0, 0.1) is 22.7 Å². The number of piperidine rings is 1. The van der Waals surface area contributed by atoms with E-state index in [1.165, 1.54) is 11.8 Å². The Hall–Kier alpha value is -2.34. The minimum atomic E-state index is -0.863. The summed E-state index contributed by atoms with van der Waals surface area (Å²) in [5.41, 5.74) is 8.60. The monoisotopic (exact) mass is 477 g/mol. The Balaban J connectivity index is 0.00000363. The number of nitrogens with zero attached hydrogens (tertiary/aromatic N) is 6. The number of hydrogen-bond acceptors (Lipinski definition) is 9. The fraction of sp³-hybridized carbons (Fsp3) is 0.524. The van der Waals surface area contributed by atoms with Crippen molar-refractivity contribution in [3.8, 4) is 12.1 Å². The van der Waals surface area contributed by atoms with E-state index < -0.39 is 6.10 Å². The summed E-state index contributed by atoms with van der Waals surface area (Å²) in [6.07, 6.45) is 4.89. The second kappa shape index (κ2) is 12.0. The molecule has 3 heterocycles. The molecule has 2 aromatic rings. The SMILES string of the molecule is CCc1c(C#N)c(SCc2cnn(CC(O)CO)c2)nc(N2CCC(N)CC2)c1C#N.Cl. The van der Waals surface area contributed by atoms with Gasteiger partial charge in [0.15, 0.2) is 0 Å². The molecule has 1 aliphatic heterocycles. The van der Waals surface area contributed by atoms with Crippen molar-refractivity contribution in [3.63, 3.8) is 0 Å². The van der Waals surface area contributed by atoms with Gasteiger partial charge in [-0.1, -0.05) is 6.92 Å². The van der Waals surface area contributed by atoms with Crippen LogP contribution in [0.25, 0.3) is 0 Å². The third kappa shape index (κ3) is 5.91. The summed E-state index contributed by atoms with van der Waals surface area (Å²) in [7, 11) is 0. The predicted molar refractivity (Wildman–Crippen MR) is 125 cm³/mol. The van der Waals surface area contributed by atoms with Crippen LogP contribution in [-0.4, -0.2) is 56.8 Å². The van der Waals surface area contributed by atoms with Crippen molar-refractivity contribution in [2.24, 2.45) is 5.73 Å². The van der Waals surface area contributed by atoms with Crippen LogP contribution in [0.1, 0.15) is 42.0 Å². The molecule has 0 aromatic carbocycles. The molecule has 32 heavy (non-hydrogen) atoms. The average Bonchev–Trinajstić information content (AvgIpc) is 3.23. The van der Waals surface area contributed by atoms with E-state index in [0.717, 1.165) is 37.1 Å². The first kappa shape index (κ1) is 25.9. The van der Waals surface area contributed by atoms with E-state index in [1.807, 2.05) is 6.92 Å². The van der Waals surface area contributed by atoms with Crippen LogP contribution >= 0.6 is 24.2 Å². The van der Waals surface area contributed by atoms with Gasteiger partial charge in [-0.25, -0.2) is 4.98 Å². The number of aliphatic hydroxyl groups is 2. The highest BCUT2D eigenvalue weighted by Gasteiger charge is 2.25. The fourth-order valence-corrected chi connectivity index (χ4v) is 4.55. The molecule has 1 unspecified atom stereocenters. The zero-order valence-corrected chi connectivity index (χ0v) is 19.6. The molecule has 11 heteroatoms. The molecule has 0 spiro atoms. The molecule has 0 amide bonds. The van der Waals surface area contributed by atoms with Crippen molar-refractivity contribution in [2.75, 3.05) is 24.6 Å². The van der Waals surface area contributed by atoms with Gasteiger partial charge < -0.3 is 20.8 Å². The van der Waals surface area contributed by atoms with Gasteiger partial charge in [0.25, 0.3) is 0 Å². The predicted octanol–water partition coefficient (Wildman–Crippen LogP) is 1.58. The first-order valence-electron chi connectivity index (χ1n) is 10.3. The topological polar surface area (TPSA) is 148 Å². The largest absolute Gasteiger partial charge is 0.394 e. The van der Waals surface area contributed by atoms with Crippen molar-refractivity contribution < 1.29 is 10.2 Å². The maximum atomic E-state index is 9.82. The third-order valence-corrected chi connectivity index (χ3v) is 6.38. The van der Waals surface area contributed by atoms with E-state index in [-0.39, 0.29) is 31.6 Å². The van der Waals surface area contributed by atoms with E-state index in [1.54, 1.807) is 17.1 Å². The Morgan fingerprint density at radius 3 is 2.56 bits per heavy atom. The second-order valence-corrected chi connectivity index (χ2v) is 8.53. The molecule has 2 aromatic heterocycles. The molecule has 172 valence electrons. The lowest BCUT2D eigenvalue weighted by Gasteiger charge is -2.32. The number of pyridine rings is 1. The number of aliphatic hydroxyl groups excluding tert-OH is 2. The number of halogens is 1. The van der Waals surface area contributed by atoms with Gasteiger partial charge in [-0.05, 0) is 24.8 Å². The van der Waals surface area contributed by atoms with Crippen LogP contribution in [0.15, 0.2) is 17.4 Å². The van der Waals surface area contributed by atoms with Gasteiger partial charge in [0.05, 0.1) is 36.6 Å². The number of nitrogens with two attached hydrogens (primary N) is 1. The lowest BCUT2D eigenvalue weighted by molar-refractivity contribution is 0.0782. The quantitative estimate of drug-likeness (QED) is 0.481. The minimum absolute atomic E-state index is 0. The van der Waals surface area contributed by atoms with Gasteiger partial charge in [-0.15, -0.1) is 24.2 Å². The van der Waals surface area contributed by atoms with Gasteiger partial charge in [0.1, 0.15) is 23.0 Å². The molecule has 3 rings (SSSR count). The summed E-state index contributed by atoms with van der Waals surface area (Å²) in [5.74, 6) is 1.17. The first-order chi connectivity index (χ1) is 15.0. The number of hydrogen-bond donors (Lipinski definition) is 3. The molecule has 0 saturated carbocycles. The average molecular weight is 478 g/mol. The third-order valence-electron chi connectivity index (χ3n) is 5.34. The standard InChI is InChI=1S/C21H27N7O2S.ClH/c1-2-17-18(7-22)20(27-5-3-15(24)4-6-27)26-21(19(17)8-23)31-13-14-9-25-28(10-14)11-16(30)12-29;/h9-10,15-16,29-30H,2-6,11-13,24H2,1H3;1H. The number of rotatable bonds is 8. The summed E-state index contributed by atoms with van der Waals surface area (Å²) in [4.78, 5) is 6.86. The van der Waals surface area contributed by atoms with E-state index in [0.29, 0.717) is 34.1 Å². The molecular weight excluding hydrogens is 450 g/mol. The van der Waals surface area contributed by atoms with Crippen molar-refractivity contribution in [2.45, 2.75) is 55.7 Å².